The molecule has 1 aliphatic carbocycles. The van der Waals surface area contributed by atoms with Gasteiger partial charge in [-0.1, -0.05) is 103 Å². The molecule has 7 rings (SSSR count). The number of rotatable bonds is 3. The Kier molecular flexibility index (Phi) is 5.08. The molecule has 190 valence electrons. The van der Waals surface area contributed by atoms with Gasteiger partial charge in [0.15, 0.2) is 17.3 Å². The van der Waals surface area contributed by atoms with Gasteiger partial charge >= 0.3 is 0 Å². The maximum atomic E-state index is 15.8. The van der Waals surface area contributed by atoms with Crippen molar-refractivity contribution >= 4 is 29.1 Å². The molecule has 1 fully saturated rings. The van der Waals surface area contributed by atoms with Gasteiger partial charge in [0.25, 0.3) is 0 Å². The molecule has 2 aliphatic heterocycles. The normalized spacial score (nSPS) is 22.1. The van der Waals surface area contributed by atoms with Gasteiger partial charge in [0, 0.05) is 28.3 Å². The lowest BCUT2D eigenvalue weighted by molar-refractivity contribution is 0.0664. The van der Waals surface area contributed by atoms with Crippen LogP contribution in [-0.2, 0) is 0 Å². The molecule has 4 aromatic rings. The quantitative estimate of drug-likeness (QED) is 0.233. The molecular formula is C34H24FNO3. The predicted octanol–water partition coefficient (Wildman–Crippen LogP) is 6.45. The van der Waals surface area contributed by atoms with E-state index in [9.17, 15) is 14.4 Å². The van der Waals surface area contributed by atoms with Crippen LogP contribution in [0.25, 0.3) is 6.08 Å². The van der Waals surface area contributed by atoms with Gasteiger partial charge < -0.3 is 4.90 Å². The third kappa shape index (κ3) is 3.07. The Bertz CT molecular complexity index is 1690. The lowest BCUT2D eigenvalue weighted by Gasteiger charge is -2.37. The Morgan fingerprint density at radius 2 is 1.41 bits per heavy atom. The summed E-state index contributed by atoms with van der Waals surface area (Å²) in [6.45, 7) is 1.94. The maximum absolute atomic E-state index is 15.8. The van der Waals surface area contributed by atoms with Crippen LogP contribution >= 0.6 is 0 Å². The van der Waals surface area contributed by atoms with E-state index in [-0.39, 0.29) is 22.9 Å². The van der Waals surface area contributed by atoms with Crippen molar-refractivity contribution < 1.29 is 18.8 Å². The number of para-hydroxylation sites is 1. The minimum Gasteiger partial charge on any atom is -0.352 e. The van der Waals surface area contributed by atoms with Gasteiger partial charge in [-0.05, 0) is 30.2 Å². The summed E-state index contributed by atoms with van der Waals surface area (Å²) in [6, 6.07) is 26.1. The molecule has 0 bridgehead atoms. The standard InChI is InChI=1S/C34H24FNO3/c1-20-14-16-22(17-15-20)31(37)30-29(25-11-5-6-12-26(25)35)34(32(38)23-9-3-4-10-24(23)33(34)39)28-19-18-21-8-2-7-13-27(21)36(28)30/h2-19,28-30H,1H3/t28-,29+,30-/m1/s1. The minimum absolute atomic E-state index is 0.192. The van der Waals surface area contributed by atoms with Crippen molar-refractivity contribution in [2.75, 3.05) is 4.90 Å². The van der Waals surface area contributed by atoms with Gasteiger partial charge in [0.1, 0.15) is 17.3 Å². The van der Waals surface area contributed by atoms with E-state index in [0.29, 0.717) is 16.7 Å². The number of benzene rings is 4. The van der Waals surface area contributed by atoms with Gasteiger partial charge in [-0.15, -0.1) is 0 Å². The first-order valence-corrected chi connectivity index (χ1v) is 13.0. The highest BCUT2D eigenvalue weighted by molar-refractivity contribution is 6.32. The van der Waals surface area contributed by atoms with Crippen LogP contribution in [0.3, 0.4) is 0 Å². The van der Waals surface area contributed by atoms with Crippen molar-refractivity contribution in [3.8, 4) is 0 Å². The number of aryl methyl sites for hydroxylation is 1. The van der Waals surface area contributed by atoms with Crippen LogP contribution in [0.1, 0.15) is 53.7 Å². The van der Waals surface area contributed by atoms with Gasteiger partial charge in [-0.3, -0.25) is 14.4 Å². The SMILES string of the molecule is Cc1ccc(C(=O)[C@H]2[C@H](c3ccccc3F)C3(C(=O)c4ccccc4C3=O)[C@H]3C=Cc4ccccc4N23)cc1. The number of halogens is 1. The lowest BCUT2D eigenvalue weighted by atomic mass is 9.64. The molecule has 1 spiro atoms. The average molecular weight is 514 g/mol. The number of fused-ring (bicyclic) bond motifs is 5. The summed E-state index contributed by atoms with van der Waals surface area (Å²) < 4.78 is 15.8. The van der Waals surface area contributed by atoms with E-state index in [2.05, 4.69) is 0 Å². The van der Waals surface area contributed by atoms with E-state index in [0.717, 1.165) is 16.8 Å². The lowest BCUT2D eigenvalue weighted by Crippen LogP contribution is -2.48. The number of Topliss-reactive ketones (excluding diaryl/α,β-unsaturated/α-hetero) is 3. The molecule has 0 amide bonds. The zero-order valence-electron chi connectivity index (χ0n) is 21.2. The van der Waals surface area contributed by atoms with Gasteiger partial charge in [0.05, 0.1) is 6.04 Å². The van der Waals surface area contributed by atoms with Crippen LogP contribution in [-0.4, -0.2) is 29.4 Å². The van der Waals surface area contributed by atoms with E-state index in [1.807, 2.05) is 60.4 Å². The summed E-state index contributed by atoms with van der Waals surface area (Å²) in [5, 5.41) is 0. The highest BCUT2D eigenvalue weighted by Gasteiger charge is 2.71. The molecular weight excluding hydrogens is 489 g/mol. The topological polar surface area (TPSA) is 54.5 Å². The minimum atomic E-state index is -1.71. The van der Waals surface area contributed by atoms with Crippen molar-refractivity contribution in [1.82, 2.24) is 0 Å². The van der Waals surface area contributed by atoms with E-state index in [1.54, 1.807) is 54.6 Å². The Hall–Kier alpha value is -4.64. The first-order chi connectivity index (χ1) is 18.9. The first kappa shape index (κ1) is 23.5. The smallest absolute Gasteiger partial charge is 0.185 e. The number of ketones is 3. The van der Waals surface area contributed by atoms with E-state index in [4.69, 9.17) is 0 Å². The summed E-state index contributed by atoms with van der Waals surface area (Å²) in [5.41, 5.74) is 2.18. The van der Waals surface area contributed by atoms with Crippen LogP contribution in [0.2, 0.25) is 0 Å². The fourth-order valence-electron chi connectivity index (χ4n) is 6.88. The Labute approximate surface area is 225 Å². The molecule has 2 heterocycles. The molecule has 4 aromatic carbocycles. The van der Waals surface area contributed by atoms with Gasteiger partial charge in [-0.2, -0.15) is 0 Å². The molecule has 0 aromatic heterocycles. The highest BCUT2D eigenvalue weighted by Crippen LogP contribution is 2.61. The molecule has 3 aliphatic rings. The van der Waals surface area contributed by atoms with Crippen LogP contribution in [0.4, 0.5) is 10.1 Å². The van der Waals surface area contributed by atoms with Crippen molar-refractivity contribution in [3.05, 3.63) is 142 Å². The molecule has 5 heteroatoms. The van der Waals surface area contributed by atoms with Crippen LogP contribution in [0.15, 0.2) is 103 Å². The van der Waals surface area contributed by atoms with Gasteiger partial charge in [-0.25, -0.2) is 4.39 Å². The number of hydrogen-bond donors (Lipinski definition) is 0. The molecule has 0 unspecified atom stereocenters. The number of anilines is 1. The average Bonchev–Trinajstić information content (AvgIpc) is 3.39. The third-order valence-corrected chi connectivity index (χ3v) is 8.56. The number of hydrogen-bond acceptors (Lipinski definition) is 4. The first-order valence-electron chi connectivity index (χ1n) is 13.0. The summed E-state index contributed by atoms with van der Waals surface area (Å²) >= 11 is 0. The predicted molar refractivity (Wildman–Crippen MR) is 148 cm³/mol. The Morgan fingerprint density at radius 1 is 0.795 bits per heavy atom. The fraction of sp³-hybridized carbons (Fsp3) is 0.147. The van der Waals surface area contributed by atoms with Crippen molar-refractivity contribution in [1.29, 1.82) is 0 Å². The van der Waals surface area contributed by atoms with Gasteiger partial charge in [0.2, 0.25) is 0 Å². The van der Waals surface area contributed by atoms with Crippen molar-refractivity contribution in [2.24, 2.45) is 5.41 Å². The second-order valence-electron chi connectivity index (χ2n) is 10.5. The van der Waals surface area contributed by atoms with Crippen LogP contribution in [0, 0.1) is 18.2 Å². The van der Waals surface area contributed by atoms with Crippen molar-refractivity contribution in [3.63, 3.8) is 0 Å². The van der Waals surface area contributed by atoms with E-state index in [1.165, 1.54) is 6.07 Å². The molecule has 0 N–H and O–H groups in total. The molecule has 39 heavy (non-hydrogen) atoms. The Balaban J connectivity index is 1.56. The second kappa shape index (κ2) is 8.43. The third-order valence-electron chi connectivity index (χ3n) is 8.56. The number of carbonyl (C=O) groups excluding carboxylic acids is 3. The van der Waals surface area contributed by atoms with E-state index >= 15 is 4.39 Å². The molecule has 4 nitrogen and oxygen atoms in total. The van der Waals surface area contributed by atoms with Crippen molar-refractivity contribution in [2.45, 2.75) is 24.9 Å². The number of carbonyl (C=O) groups is 3. The fourth-order valence-corrected chi connectivity index (χ4v) is 6.88. The monoisotopic (exact) mass is 513 g/mol. The van der Waals surface area contributed by atoms with Crippen LogP contribution < -0.4 is 4.90 Å². The summed E-state index contributed by atoms with van der Waals surface area (Å²) in [6.07, 6.45) is 3.75. The molecule has 0 radical (unpaired) electrons. The Morgan fingerprint density at radius 3 is 2.10 bits per heavy atom. The molecule has 1 saturated heterocycles. The zero-order chi connectivity index (χ0) is 26.9. The second-order valence-corrected chi connectivity index (χ2v) is 10.5. The maximum Gasteiger partial charge on any atom is 0.185 e. The van der Waals surface area contributed by atoms with Crippen LogP contribution in [0.5, 0.6) is 0 Å². The molecule has 3 atom stereocenters. The number of nitrogens with zero attached hydrogens (tertiary/aromatic N) is 1. The summed E-state index contributed by atoms with van der Waals surface area (Å²) in [7, 11) is 0. The highest BCUT2D eigenvalue weighted by atomic mass is 19.1. The van der Waals surface area contributed by atoms with E-state index < -0.39 is 29.2 Å². The zero-order valence-corrected chi connectivity index (χ0v) is 21.2. The largest absolute Gasteiger partial charge is 0.352 e. The molecule has 0 saturated carbocycles. The summed E-state index contributed by atoms with van der Waals surface area (Å²) in [4.78, 5) is 45.5. The summed E-state index contributed by atoms with van der Waals surface area (Å²) in [5.74, 6) is -2.59.